The van der Waals surface area contributed by atoms with Gasteiger partial charge in [0.05, 0.1) is 0 Å². The lowest BCUT2D eigenvalue weighted by Gasteiger charge is -2.20. The van der Waals surface area contributed by atoms with Gasteiger partial charge in [0.1, 0.15) is 12.4 Å². The van der Waals surface area contributed by atoms with E-state index in [1.165, 1.54) is 6.26 Å². The lowest BCUT2D eigenvalue weighted by Crippen LogP contribution is -2.15. The van der Waals surface area contributed by atoms with Crippen LogP contribution in [0.25, 0.3) is 10.8 Å². The van der Waals surface area contributed by atoms with Crippen LogP contribution in [0.15, 0.2) is 48.4 Å². The van der Waals surface area contributed by atoms with Gasteiger partial charge in [0.15, 0.2) is 17.3 Å². The maximum Gasteiger partial charge on any atom is 0.170 e. The molecule has 3 heteroatoms. The second kappa shape index (κ2) is 3.79. The molecule has 0 saturated heterocycles. The molecule has 3 rings (SSSR count). The van der Waals surface area contributed by atoms with Gasteiger partial charge in [0.2, 0.25) is 0 Å². The minimum absolute atomic E-state index is 0.424. The Kier molecular flexibility index (Phi) is 2.27. The van der Waals surface area contributed by atoms with Crippen LogP contribution in [0.5, 0.6) is 11.5 Å². The summed E-state index contributed by atoms with van der Waals surface area (Å²) < 4.78 is 11.0. The fourth-order valence-electron chi connectivity index (χ4n) is 1.83. The van der Waals surface area contributed by atoms with Crippen LogP contribution in [0, 0.1) is 0 Å². The molecule has 0 amide bonds. The fraction of sp³-hybridized carbons (Fsp3) is 0.143. The van der Waals surface area contributed by atoms with E-state index in [-0.39, 0.29) is 0 Å². The van der Waals surface area contributed by atoms with Gasteiger partial charge in [-0.2, -0.15) is 0 Å². The molecule has 1 aliphatic heterocycles. The Bertz CT molecular complexity index is 599. The quantitative estimate of drug-likeness (QED) is 0.815. The summed E-state index contributed by atoms with van der Waals surface area (Å²) in [5, 5.41) is 11.6. The summed E-state index contributed by atoms with van der Waals surface area (Å²) >= 11 is 0. The molecule has 1 N–H and O–H groups in total. The van der Waals surface area contributed by atoms with Gasteiger partial charge in [-0.25, -0.2) is 0 Å². The molecule has 1 aliphatic rings. The Balaban J connectivity index is 2.09. The van der Waals surface area contributed by atoms with Crippen LogP contribution < -0.4 is 9.47 Å². The van der Waals surface area contributed by atoms with Crippen molar-refractivity contribution in [3.8, 4) is 11.5 Å². The highest BCUT2D eigenvalue weighted by molar-refractivity contribution is 5.86. The van der Waals surface area contributed by atoms with E-state index in [1.807, 2.05) is 36.4 Å². The van der Waals surface area contributed by atoms with Crippen molar-refractivity contribution in [2.75, 3.05) is 0 Å². The van der Waals surface area contributed by atoms with Crippen molar-refractivity contribution in [1.82, 2.24) is 0 Å². The fourth-order valence-corrected chi connectivity index (χ4v) is 1.83. The maximum atomic E-state index is 9.44. The van der Waals surface area contributed by atoms with Crippen molar-refractivity contribution < 1.29 is 14.6 Å². The molecule has 2 aromatic rings. The average Bonchev–Trinajstić information content (AvgIpc) is 2.35. The van der Waals surface area contributed by atoms with Crippen LogP contribution in [0.4, 0.5) is 0 Å². The summed E-state index contributed by atoms with van der Waals surface area (Å²) in [7, 11) is 0. The Labute approximate surface area is 98.9 Å². The number of fused-ring (bicyclic) bond motifs is 2. The van der Waals surface area contributed by atoms with Crippen molar-refractivity contribution in [3.05, 3.63) is 48.4 Å². The summed E-state index contributed by atoms with van der Waals surface area (Å²) in [5.41, 5.74) is 0. The predicted octanol–water partition coefficient (Wildman–Crippen LogP) is 2.83. The van der Waals surface area contributed by atoms with Gasteiger partial charge < -0.3 is 14.6 Å². The topological polar surface area (TPSA) is 38.7 Å². The summed E-state index contributed by atoms with van der Waals surface area (Å²) in [6, 6.07) is 11.8. The Hall–Kier alpha value is -2.00. The number of aliphatic hydroxyl groups is 1. The minimum Gasteiger partial charge on any atom is -0.457 e. The van der Waals surface area contributed by atoms with Gasteiger partial charge >= 0.3 is 0 Å². The van der Waals surface area contributed by atoms with E-state index in [1.54, 1.807) is 6.92 Å². The van der Waals surface area contributed by atoms with E-state index in [4.69, 9.17) is 9.47 Å². The van der Waals surface area contributed by atoms with Gasteiger partial charge in [-0.3, -0.25) is 0 Å². The third-order valence-corrected chi connectivity index (χ3v) is 2.75. The number of rotatable bonds is 1. The zero-order valence-electron chi connectivity index (χ0n) is 9.38. The van der Waals surface area contributed by atoms with E-state index in [2.05, 4.69) is 0 Å². The van der Waals surface area contributed by atoms with Gasteiger partial charge in [-0.05, 0) is 29.8 Å². The van der Waals surface area contributed by atoms with Crippen molar-refractivity contribution in [2.45, 2.75) is 13.0 Å². The monoisotopic (exact) mass is 228 g/mol. The van der Waals surface area contributed by atoms with E-state index < -0.39 is 6.10 Å². The third kappa shape index (κ3) is 1.74. The number of hydrogen-bond acceptors (Lipinski definition) is 3. The first-order valence-electron chi connectivity index (χ1n) is 5.49. The van der Waals surface area contributed by atoms with Crippen molar-refractivity contribution in [3.63, 3.8) is 0 Å². The predicted molar refractivity (Wildman–Crippen MR) is 65.0 cm³/mol. The van der Waals surface area contributed by atoms with Crippen molar-refractivity contribution in [1.29, 1.82) is 0 Å². The minimum atomic E-state index is -0.672. The summed E-state index contributed by atoms with van der Waals surface area (Å²) in [5.74, 6) is 1.74. The van der Waals surface area contributed by atoms with Gasteiger partial charge in [0.25, 0.3) is 0 Å². The standard InChI is InChI=1S/C14H12O3/c1-9(15)14-8-16-12-6-10-4-2-3-5-11(10)7-13(12)17-14/h2-9,15H,1H3. The molecule has 0 radical (unpaired) electrons. The van der Waals surface area contributed by atoms with Gasteiger partial charge in [-0.1, -0.05) is 24.3 Å². The van der Waals surface area contributed by atoms with Crippen molar-refractivity contribution in [2.24, 2.45) is 0 Å². The van der Waals surface area contributed by atoms with Crippen LogP contribution in [-0.4, -0.2) is 11.2 Å². The Morgan fingerprint density at radius 3 is 2.35 bits per heavy atom. The second-order valence-electron chi connectivity index (χ2n) is 4.06. The average molecular weight is 228 g/mol. The van der Waals surface area contributed by atoms with Gasteiger partial charge in [0, 0.05) is 0 Å². The van der Waals surface area contributed by atoms with E-state index in [0.717, 1.165) is 10.8 Å². The first-order valence-corrected chi connectivity index (χ1v) is 5.49. The molecule has 0 fully saturated rings. The number of benzene rings is 2. The number of ether oxygens (including phenoxy) is 2. The molecule has 86 valence electrons. The highest BCUT2D eigenvalue weighted by atomic mass is 16.6. The molecule has 2 aromatic carbocycles. The normalized spacial score (nSPS) is 15.5. The Morgan fingerprint density at radius 1 is 1.06 bits per heavy atom. The lowest BCUT2D eigenvalue weighted by molar-refractivity contribution is 0.161. The first-order chi connectivity index (χ1) is 8.24. The highest BCUT2D eigenvalue weighted by Crippen LogP contribution is 2.36. The van der Waals surface area contributed by atoms with Gasteiger partial charge in [-0.15, -0.1) is 0 Å². The molecule has 0 aliphatic carbocycles. The SMILES string of the molecule is CC(O)C1=COc2cc3ccccc3cc2O1. The van der Waals surface area contributed by atoms with Crippen molar-refractivity contribution >= 4 is 10.8 Å². The Morgan fingerprint density at radius 2 is 1.71 bits per heavy atom. The van der Waals surface area contributed by atoms with Crippen LogP contribution in [0.3, 0.4) is 0 Å². The molecule has 0 spiro atoms. The number of aliphatic hydroxyl groups excluding tert-OH is 1. The third-order valence-electron chi connectivity index (χ3n) is 2.75. The maximum absolute atomic E-state index is 9.44. The molecule has 1 atom stereocenters. The summed E-state index contributed by atoms with van der Waals surface area (Å²) in [4.78, 5) is 0. The van der Waals surface area contributed by atoms with E-state index in [9.17, 15) is 5.11 Å². The largest absolute Gasteiger partial charge is 0.457 e. The molecular formula is C14H12O3. The zero-order chi connectivity index (χ0) is 11.8. The second-order valence-corrected chi connectivity index (χ2v) is 4.06. The lowest BCUT2D eigenvalue weighted by atomic mass is 10.1. The van der Waals surface area contributed by atoms with E-state index in [0.29, 0.717) is 17.3 Å². The molecule has 0 aromatic heterocycles. The molecule has 0 saturated carbocycles. The smallest absolute Gasteiger partial charge is 0.170 e. The van der Waals surface area contributed by atoms with Crippen LogP contribution in [0.1, 0.15) is 6.92 Å². The van der Waals surface area contributed by atoms with Crippen LogP contribution in [0.2, 0.25) is 0 Å². The molecule has 1 heterocycles. The first kappa shape index (κ1) is 10.2. The number of hydrogen-bond donors (Lipinski definition) is 1. The molecular weight excluding hydrogens is 216 g/mol. The van der Waals surface area contributed by atoms with Crippen LogP contribution >= 0.6 is 0 Å². The van der Waals surface area contributed by atoms with Crippen LogP contribution in [-0.2, 0) is 0 Å². The summed E-state index contributed by atoms with van der Waals surface area (Å²) in [6.45, 7) is 1.64. The molecule has 0 bridgehead atoms. The summed E-state index contributed by atoms with van der Waals surface area (Å²) in [6.07, 6.45) is 0.775. The van der Waals surface area contributed by atoms with E-state index >= 15 is 0 Å². The molecule has 1 unspecified atom stereocenters. The molecule has 3 nitrogen and oxygen atoms in total. The molecule has 17 heavy (non-hydrogen) atoms. The zero-order valence-corrected chi connectivity index (χ0v) is 9.38. The highest BCUT2D eigenvalue weighted by Gasteiger charge is 2.18.